The first-order valence-corrected chi connectivity index (χ1v) is 2.10. The first kappa shape index (κ1) is 22.5. The molecule has 0 aromatic heterocycles. The molecule has 0 saturated heterocycles. The van der Waals surface area contributed by atoms with Crippen LogP contribution in [0.1, 0.15) is 0 Å². The third kappa shape index (κ3) is 91.0. The molecule has 48 valence electrons. The average Bonchev–Trinajstić information content (AvgIpc) is 0.722. The molecule has 0 fully saturated rings. The van der Waals surface area contributed by atoms with Crippen molar-refractivity contribution in [3.05, 3.63) is 0 Å². The van der Waals surface area contributed by atoms with E-state index in [-0.39, 0.29) is 70.1 Å². The molecule has 0 saturated carbocycles. The van der Waals surface area contributed by atoms with Crippen molar-refractivity contribution in [2.24, 2.45) is 0 Å². The lowest BCUT2D eigenvalue weighted by molar-refractivity contribution is 0.381. The molecular formula is H7IMg2O4S. The summed E-state index contributed by atoms with van der Waals surface area (Å²) in [6.07, 6.45) is 0. The van der Waals surface area contributed by atoms with Gasteiger partial charge in [-0.2, -0.15) is 8.42 Å². The third-order valence-electron chi connectivity index (χ3n) is 0. The Kier molecular flexibility index (Phi) is 25.7. The van der Waals surface area contributed by atoms with Gasteiger partial charge in [0.1, 0.15) is 0 Å². The summed E-state index contributed by atoms with van der Waals surface area (Å²) >= 11 is 0. The number of hydrogen-bond donors (Lipinski definition) is 2. The van der Waals surface area contributed by atoms with Crippen LogP contribution in [0.5, 0.6) is 0 Å². The van der Waals surface area contributed by atoms with Crippen LogP contribution in [-0.4, -0.2) is 63.6 Å². The van der Waals surface area contributed by atoms with E-state index < -0.39 is 10.4 Å². The highest BCUT2D eigenvalue weighted by molar-refractivity contribution is 14.0. The topological polar surface area (TPSA) is 74.6 Å². The van der Waals surface area contributed by atoms with Gasteiger partial charge in [-0.3, -0.25) is 9.11 Å². The summed E-state index contributed by atoms with van der Waals surface area (Å²) in [7, 11) is -4.67. The lowest BCUT2D eigenvalue weighted by Gasteiger charge is -1.68. The molecule has 2 N–H and O–H groups in total. The van der Waals surface area contributed by atoms with Gasteiger partial charge in [-0.1, -0.05) is 0 Å². The van der Waals surface area contributed by atoms with Crippen molar-refractivity contribution in [1.29, 1.82) is 0 Å². The lowest BCUT2D eigenvalue weighted by atomic mass is 15.8. The van der Waals surface area contributed by atoms with Gasteiger partial charge in [-0.15, -0.1) is 24.0 Å². The molecule has 0 atom stereocenters. The van der Waals surface area contributed by atoms with E-state index in [0.29, 0.717) is 0 Å². The number of halogens is 1. The highest BCUT2D eigenvalue weighted by Gasteiger charge is 1.84. The van der Waals surface area contributed by atoms with Crippen LogP contribution in [0.3, 0.4) is 0 Å². The molecule has 0 rings (SSSR count). The predicted molar refractivity (Wildman–Crippen MR) is 46.7 cm³/mol. The normalized spacial score (nSPS) is 7.25. The molecule has 0 unspecified atom stereocenters. The minimum atomic E-state index is -4.67. The quantitative estimate of drug-likeness (QED) is 0.309. The summed E-state index contributed by atoms with van der Waals surface area (Å²) in [5, 5.41) is 0. The monoisotopic (exact) mass is 278 g/mol. The van der Waals surface area contributed by atoms with E-state index in [0.717, 1.165) is 0 Å². The fourth-order valence-electron chi connectivity index (χ4n) is 0. The van der Waals surface area contributed by atoms with Crippen molar-refractivity contribution in [2.45, 2.75) is 0 Å². The minimum Gasteiger partial charge on any atom is -0.264 e. The summed E-state index contributed by atoms with van der Waals surface area (Å²) in [4.78, 5) is 0. The van der Waals surface area contributed by atoms with E-state index in [2.05, 4.69) is 0 Å². The molecule has 0 aliphatic rings. The standard InChI is InChI=1S/HI.2Mg.H2O4S.4H/c;;;1-5(2,3)4;;;;/h1H;;;(H2,1,2,3,4);;;;. The van der Waals surface area contributed by atoms with E-state index in [4.69, 9.17) is 17.5 Å². The van der Waals surface area contributed by atoms with Crippen molar-refractivity contribution in [3.63, 3.8) is 0 Å². The minimum absolute atomic E-state index is 0. The zero-order chi connectivity index (χ0) is 4.50. The SMILES string of the molecule is I.O=S(=O)(O)O.[MgH2].[MgH2]. The van der Waals surface area contributed by atoms with Gasteiger partial charge in [0.25, 0.3) is 0 Å². The Bertz CT molecular complexity index is 97.2. The first-order chi connectivity index (χ1) is 2.00. The van der Waals surface area contributed by atoms with Crippen molar-refractivity contribution in [2.75, 3.05) is 0 Å². The zero-order valence-electron chi connectivity index (χ0n) is 2.53. The van der Waals surface area contributed by atoms with Gasteiger partial charge < -0.3 is 0 Å². The molecule has 8 heavy (non-hydrogen) atoms. The van der Waals surface area contributed by atoms with E-state index in [1.807, 2.05) is 0 Å². The van der Waals surface area contributed by atoms with E-state index in [1.165, 1.54) is 0 Å². The second kappa shape index (κ2) is 9.13. The average molecular weight is 279 g/mol. The van der Waals surface area contributed by atoms with Gasteiger partial charge in [0, 0.05) is 0 Å². The highest BCUT2D eigenvalue weighted by atomic mass is 127. The van der Waals surface area contributed by atoms with Crippen LogP contribution >= 0.6 is 24.0 Å². The maximum Gasteiger partial charge on any atom is 0.394 e. The molecule has 0 aliphatic heterocycles. The largest absolute Gasteiger partial charge is 0.394 e. The fraction of sp³-hybridized carbons (Fsp3) is 0. The van der Waals surface area contributed by atoms with Gasteiger partial charge in [-0.25, -0.2) is 0 Å². The van der Waals surface area contributed by atoms with Crippen LogP contribution in [0.25, 0.3) is 0 Å². The van der Waals surface area contributed by atoms with Crippen LogP contribution in [0, 0.1) is 0 Å². The zero-order valence-corrected chi connectivity index (χ0v) is 5.67. The fourth-order valence-corrected chi connectivity index (χ4v) is 0. The van der Waals surface area contributed by atoms with E-state index >= 15 is 0 Å². The Morgan fingerprint density at radius 1 is 1.00 bits per heavy atom. The smallest absolute Gasteiger partial charge is 0.264 e. The predicted octanol–water partition coefficient (Wildman–Crippen LogP) is -1.87. The maximum atomic E-state index is 8.74. The molecule has 8 heteroatoms. The molecule has 0 spiro atoms. The molecule has 0 amide bonds. The van der Waals surface area contributed by atoms with E-state index in [9.17, 15) is 0 Å². The van der Waals surface area contributed by atoms with Crippen LogP contribution in [0.2, 0.25) is 0 Å². The van der Waals surface area contributed by atoms with Gasteiger partial charge in [0.2, 0.25) is 0 Å². The Morgan fingerprint density at radius 2 is 1.00 bits per heavy atom. The third-order valence-corrected chi connectivity index (χ3v) is 0. The Morgan fingerprint density at radius 3 is 1.00 bits per heavy atom. The Hall–Kier alpha value is 2.13. The number of rotatable bonds is 0. The van der Waals surface area contributed by atoms with Gasteiger partial charge >= 0.3 is 56.5 Å². The van der Waals surface area contributed by atoms with Crippen LogP contribution in [0.4, 0.5) is 0 Å². The molecule has 0 aliphatic carbocycles. The summed E-state index contributed by atoms with van der Waals surface area (Å²) in [6.45, 7) is 0. The molecule has 0 aromatic carbocycles. The van der Waals surface area contributed by atoms with Gasteiger partial charge in [0.15, 0.2) is 0 Å². The lowest BCUT2D eigenvalue weighted by Crippen LogP contribution is -1.89. The van der Waals surface area contributed by atoms with Crippen molar-refractivity contribution in [1.82, 2.24) is 0 Å². The molecule has 0 radical (unpaired) electrons. The Labute approximate surface area is 96.7 Å². The molecule has 0 aromatic rings. The highest BCUT2D eigenvalue weighted by Crippen LogP contribution is 1.59. The van der Waals surface area contributed by atoms with Gasteiger partial charge in [-0.05, 0) is 0 Å². The van der Waals surface area contributed by atoms with Crippen LogP contribution in [-0.2, 0) is 10.4 Å². The van der Waals surface area contributed by atoms with Crippen LogP contribution < -0.4 is 0 Å². The summed E-state index contributed by atoms with van der Waals surface area (Å²) < 4.78 is 31.6. The second-order valence-electron chi connectivity index (χ2n) is 0.448. The van der Waals surface area contributed by atoms with Crippen molar-refractivity contribution >= 4 is 80.5 Å². The van der Waals surface area contributed by atoms with E-state index in [1.54, 1.807) is 0 Å². The summed E-state index contributed by atoms with van der Waals surface area (Å²) in [6, 6.07) is 0. The number of hydrogen-bond acceptors (Lipinski definition) is 2. The van der Waals surface area contributed by atoms with Crippen molar-refractivity contribution < 1.29 is 17.5 Å². The van der Waals surface area contributed by atoms with Crippen LogP contribution in [0.15, 0.2) is 0 Å². The summed E-state index contributed by atoms with van der Waals surface area (Å²) in [5.74, 6) is 0. The molecule has 0 heterocycles. The first-order valence-electron chi connectivity index (χ1n) is 0.698. The Balaban J connectivity index is -0.0000000267. The second-order valence-corrected chi connectivity index (χ2v) is 1.34. The molecular weight excluding hydrogens is 272 g/mol. The van der Waals surface area contributed by atoms with Crippen molar-refractivity contribution in [3.8, 4) is 0 Å². The molecule has 4 nitrogen and oxygen atoms in total. The van der Waals surface area contributed by atoms with Gasteiger partial charge in [0.05, 0.1) is 0 Å². The maximum absolute atomic E-state index is 8.74. The molecule has 0 bridgehead atoms. The summed E-state index contributed by atoms with van der Waals surface area (Å²) in [5.41, 5.74) is 0.